The Morgan fingerprint density at radius 2 is 1.89 bits per heavy atom. The minimum absolute atomic E-state index is 0.272. The molecule has 0 saturated heterocycles. The van der Waals surface area contributed by atoms with Gasteiger partial charge in [-0.1, -0.05) is 38.3 Å². The maximum atomic E-state index is 13.1. The standard InChI is InChI=1S/C15H23ClFN/c1-11(2)5-4-6-12(3)18-10-13-7-14(16)9-15(17)8-13/h7-9,11-12,18H,4-6,10H2,1-3H3. The molecular weight excluding hydrogens is 249 g/mol. The number of nitrogens with one attached hydrogen (secondary N) is 1. The Morgan fingerprint density at radius 1 is 1.17 bits per heavy atom. The average molecular weight is 272 g/mol. The van der Waals surface area contributed by atoms with Gasteiger partial charge in [-0.05, 0) is 43.0 Å². The first-order chi connectivity index (χ1) is 8.47. The molecule has 1 nitrogen and oxygen atoms in total. The van der Waals surface area contributed by atoms with Crippen molar-refractivity contribution in [3.8, 4) is 0 Å². The lowest BCUT2D eigenvalue weighted by Crippen LogP contribution is -2.25. The predicted octanol–water partition coefficient (Wildman–Crippen LogP) is 4.78. The van der Waals surface area contributed by atoms with E-state index < -0.39 is 0 Å². The number of benzene rings is 1. The van der Waals surface area contributed by atoms with E-state index in [1.165, 1.54) is 25.0 Å². The molecular formula is C15H23ClFN. The Kier molecular flexibility index (Phi) is 6.66. The average Bonchev–Trinajstić information content (AvgIpc) is 2.24. The van der Waals surface area contributed by atoms with Crippen LogP contribution in [0.4, 0.5) is 4.39 Å². The van der Waals surface area contributed by atoms with Gasteiger partial charge < -0.3 is 5.32 Å². The van der Waals surface area contributed by atoms with Crippen molar-refractivity contribution < 1.29 is 4.39 Å². The summed E-state index contributed by atoms with van der Waals surface area (Å²) in [5, 5.41) is 3.86. The monoisotopic (exact) mass is 271 g/mol. The lowest BCUT2D eigenvalue weighted by Gasteiger charge is -2.14. The van der Waals surface area contributed by atoms with Gasteiger partial charge in [0, 0.05) is 17.6 Å². The van der Waals surface area contributed by atoms with E-state index >= 15 is 0 Å². The zero-order valence-electron chi connectivity index (χ0n) is 11.5. The zero-order valence-corrected chi connectivity index (χ0v) is 12.2. The number of halogens is 2. The van der Waals surface area contributed by atoms with Crippen molar-refractivity contribution >= 4 is 11.6 Å². The zero-order chi connectivity index (χ0) is 13.5. The molecule has 1 aromatic rings. The fraction of sp³-hybridized carbons (Fsp3) is 0.600. The third kappa shape index (κ3) is 6.36. The second-order valence-electron chi connectivity index (χ2n) is 5.38. The highest BCUT2D eigenvalue weighted by molar-refractivity contribution is 6.30. The maximum Gasteiger partial charge on any atom is 0.125 e. The van der Waals surface area contributed by atoms with Crippen LogP contribution in [0.15, 0.2) is 18.2 Å². The van der Waals surface area contributed by atoms with Crippen molar-refractivity contribution in [1.82, 2.24) is 5.32 Å². The number of hydrogen-bond acceptors (Lipinski definition) is 1. The molecule has 18 heavy (non-hydrogen) atoms. The Labute approximate surface area is 115 Å². The van der Waals surface area contributed by atoms with Crippen LogP contribution in [0.1, 0.15) is 45.6 Å². The highest BCUT2D eigenvalue weighted by Gasteiger charge is 2.04. The molecule has 0 radical (unpaired) electrons. The summed E-state index contributed by atoms with van der Waals surface area (Å²) < 4.78 is 13.1. The molecule has 1 N–H and O–H groups in total. The third-order valence-corrected chi connectivity index (χ3v) is 3.21. The van der Waals surface area contributed by atoms with Crippen LogP contribution in [0.25, 0.3) is 0 Å². The molecule has 0 fully saturated rings. The van der Waals surface area contributed by atoms with E-state index in [4.69, 9.17) is 11.6 Å². The summed E-state index contributed by atoms with van der Waals surface area (Å²) in [5.41, 5.74) is 0.899. The summed E-state index contributed by atoms with van der Waals surface area (Å²) in [6.45, 7) is 7.32. The molecule has 0 heterocycles. The highest BCUT2D eigenvalue weighted by atomic mass is 35.5. The van der Waals surface area contributed by atoms with Crippen molar-refractivity contribution in [1.29, 1.82) is 0 Å². The molecule has 102 valence electrons. The van der Waals surface area contributed by atoms with E-state index in [0.29, 0.717) is 17.6 Å². The molecule has 3 heteroatoms. The second-order valence-corrected chi connectivity index (χ2v) is 5.82. The van der Waals surface area contributed by atoms with Crippen LogP contribution in [0.3, 0.4) is 0 Å². The molecule has 0 bridgehead atoms. The molecule has 1 rings (SSSR count). The third-order valence-electron chi connectivity index (χ3n) is 3.00. The summed E-state index contributed by atoms with van der Waals surface area (Å²) in [5.74, 6) is 0.492. The molecule has 0 spiro atoms. The molecule has 1 atom stereocenters. The van der Waals surface area contributed by atoms with E-state index in [0.717, 1.165) is 17.9 Å². The van der Waals surface area contributed by atoms with Gasteiger partial charge in [-0.2, -0.15) is 0 Å². The minimum atomic E-state index is -0.272. The lowest BCUT2D eigenvalue weighted by atomic mass is 10.0. The Hall–Kier alpha value is -0.600. The van der Waals surface area contributed by atoms with Crippen molar-refractivity contribution in [2.75, 3.05) is 0 Å². The van der Waals surface area contributed by atoms with Crippen LogP contribution in [0.2, 0.25) is 5.02 Å². The van der Waals surface area contributed by atoms with Crippen LogP contribution >= 0.6 is 11.6 Å². The first-order valence-electron chi connectivity index (χ1n) is 6.65. The first-order valence-corrected chi connectivity index (χ1v) is 7.03. The number of hydrogen-bond donors (Lipinski definition) is 1. The van der Waals surface area contributed by atoms with Crippen LogP contribution in [0.5, 0.6) is 0 Å². The lowest BCUT2D eigenvalue weighted by molar-refractivity contribution is 0.456. The molecule has 0 aliphatic heterocycles. The summed E-state index contributed by atoms with van der Waals surface area (Å²) in [7, 11) is 0. The second kappa shape index (κ2) is 7.75. The predicted molar refractivity (Wildman–Crippen MR) is 76.4 cm³/mol. The smallest absolute Gasteiger partial charge is 0.125 e. The SMILES string of the molecule is CC(C)CCCC(C)NCc1cc(F)cc(Cl)c1. The van der Waals surface area contributed by atoms with Crippen LogP contribution in [-0.4, -0.2) is 6.04 Å². The highest BCUT2D eigenvalue weighted by Crippen LogP contribution is 2.14. The summed E-state index contributed by atoms with van der Waals surface area (Å²) in [6.07, 6.45) is 3.65. The molecule has 0 aromatic heterocycles. The van der Waals surface area contributed by atoms with Crippen LogP contribution in [-0.2, 0) is 6.54 Å². The molecule has 0 aliphatic rings. The van der Waals surface area contributed by atoms with Gasteiger partial charge in [0.05, 0.1) is 0 Å². The molecule has 1 aromatic carbocycles. The van der Waals surface area contributed by atoms with E-state index in [2.05, 4.69) is 26.1 Å². The van der Waals surface area contributed by atoms with Crippen molar-refractivity contribution in [2.45, 2.75) is 52.6 Å². The van der Waals surface area contributed by atoms with Gasteiger partial charge in [-0.25, -0.2) is 4.39 Å². The molecule has 1 unspecified atom stereocenters. The fourth-order valence-corrected chi connectivity index (χ4v) is 2.18. The Bertz CT molecular complexity index is 345. The van der Waals surface area contributed by atoms with Gasteiger partial charge in [0.2, 0.25) is 0 Å². The van der Waals surface area contributed by atoms with Crippen LogP contribution in [0, 0.1) is 11.7 Å². The van der Waals surface area contributed by atoms with E-state index in [1.807, 2.05) is 0 Å². The number of rotatable bonds is 7. The quantitative estimate of drug-likeness (QED) is 0.752. The van der Waals surface area contributed by atoms with Gasteiger partial charge >= 0.3 is 0 Å². The van der Waals surface area contributed by atoms with Crippen molar-refractivity contribution in [3.63, 3.8) is 0 Å². The Morgan fingerprint density at radius 3 is 2.50 bits per heavy atom. The molecule has 0 amide bonds. The van der Waals surface area contributed by atoms with Gasteiger partial charge in [0.15, 0.2) is 0 Å². The van der Waals surface area contributed by atoms with Crippen molar-refractivity contribution in [3.05, 3.63) is 34.6 Å². The largest absolute Gasteiger partial charge is 0.310 e. The minimum Gasteiger partial charge on any atom is -0.310 e. The summed E-state index contributed by atoms with van der Waals surface area (Å²) >= 11 is 5.82. The van der Waals surface area contributed by atoms with Gasteiger partial charge in [-0.3, -0.25) is 0 Å². The van der Waals surface area contributed by atoms with Gasteiger partial charge in [-0.15, -0.1) is 0 Å². The van der Waals surface area contributed by atoms with E-state index in [9.17, 15) is 4.39 Å². The summed E-state index contributed by atoms with van der Waals surface area (Å²) in [6, 6.07) is 5.11. The van der Waals surface area contributed by atoms with Gasteiger partial charge in [0.1, 0.15) is 5.82 Å². The topological polar surface area (TPSA) is 12.0 Å². The van der Waals surface area contributed by atoms with E-state index in [1.54, 1.807) is 6.07 Å². The van der Waals surface area contributed by atoms with Crippen molar-refractivity contribution in [2.24, 2.45) is 5.92 Å². The first kappa shape index (κ1) is 15.5. The van der Waals surface area contributed by atoms with Gasteiger partial charge in [0.25, 0.3) is 0 Å². The maximum absolute atomic E-state index is 13.1. The molecule has 0 aliphatic carbocycles. The molecule has 0 saturated carbocycles. The normalized spacial score (nSPS) is 13.0. The van der Waals surface area contributed by atoms with Crippen LogP contribution < -0.4 is 5.32 Å². The van der Waals surface area contributed by atoms with E-state index in [-0.39, 0.29) is 5.82 Å². The fourth-order valence-electron chi connectivity index (χ4n) is 1.94. The Balaban J connectivity index is 2.31. The summed E-state index contributed by atoms with van der Waals surface area (Å²) in [4.78, 5) is 0.